The third-order valence-electron chi connectivity index (χ3n) is 2.54. The molecule has 0 unspecified atom stereocenters. The lowest BCUT2D eigenvalue weighted by Crippen LogP contribution is -2.45. The van der Waals surface area contributed by atoms with Crippen LogP contribution in [0.5, 0.6) is 0 Å². The predicted molar refractivity (Wildman–Crippen MR) is 70.5 cm³/mol. The first-order chi connectivity index (χ1) is 8.94. The summed E-state index contributed by atoms with van der Waals surface area (Å²) in [6.45, 7) is 6.90. The molecule has 0 spiro atoms. The summed E-state index contributed by atoms with van der Waals surface area (Å²) in [4.78, 5) is 35.8. The number of ether oxygens (including phenoxy) is 1. The van der Waals surface area contributed by atoms with E-state index in [9.17, 15) is 14.4 Å². The number of esters is 1. The van der Waals surface area contributed by atoms with Gasteiger partial charge in [-0.3, -0.25) is 19.8 Å². The first kappa shape index (κ1) is 17.4. The van der Waals surface area contributed by atoms with E-state index >= 15 is 0 Å². The lowest BCUT2D eigenvalue weighted by molar-refractivity contribution is -0.145. The number of nitrogens with zero attached hydrogens (tertiary/aromatic N) is 1. The van der Waals surface area contributed by atoms with Gasteiger partial charge in [0.05, 0.1) is 19.6 Å². The van der Waals surface area contributed by atoms with E-state index in [1.54, 1.807) is 18.7 Å². The fourth-order valence-corrected chi connectivity index (χ4v) is 1.54. The highest BCUT2D eigenvalue weighted by Gasteiger charge is 2.19. The summed E-state index contributed by atoms with van der Waals surface area (Å²) in [5.74, 6) is -1.03. The number of carbonyl (C=O) groups is 3. The molecule has 0 saturated carbocycles. The SMILES string of the molecule is CCNC(=O)NC(=O)CN(CC)C[C@@H](C)C(=O)OC. The number of carbonyl (C=O) groups excluding carboxylic acids is 3. The van der Waals surface area contributed by atoms with Gasteiger partial charge < -0.3 is 10.1 Å². The standard InChI is InChI=1S/C12H23N3O4/c1-5-13-12(18)14-10(16)8-15(6-2)7-9(3)11(17)19-4/h9H,5-8H2,1-4H3,(H2,13,14,16,18)/t9-/m1/s1. The van der Waals surface area contributed by atoms with E-state index in [1.807, 2.05) is 6.92 Å². The number of methoxy groups -OCH3 is 1. The second kappa shape index (κ2) is 9.32. The molecule has 0 aromatic carbocycles. The van der Waals surface area contributed by atoms with Crippen molar-refractivity contribution < 1.29 is 19.1 Å². The van der Waals surface area contributed by atoms with Gasteiger partial charge in [-0.2, -0.15) is 0 Å². The molecule has 0 aromatic heterocycles. The van der Waals surface area contributed by atoms with Crippen molar-refractivity contribution in [1.82, 2.24) is 15.5 Å². The van der Waals surface area contributed by atoms with Crippen LogP contribution in [0.1, 0.15) is 20.8 Å². The maximum Gasteiger partial charge on any atom is 0.321 e. The van der Waals surface area contributed by atoms with Gasteiger partial charge in [0.25, 0.3) is 0 Å². The molecule has 7 heteroatoms. The molecule has 0 aliphatic carbocycles. The highest BCUT2D eigenvalue weighted by atomic mass is 16.5. The van der Waals surface area contributed by atoms with Crippen molar-refractivity contribution in [3.05, 3.63) is 0 Å². The fraction of sp³-hybridized carbons (Fsp3) is 0.750. The van der Waals surface area contributed by atoms with Gasteiger partial charge in [-0.15, -0.1) is 0 Å². The Morgan fingerprint density at radius 1 is 1.26 bits per heavy atom. The van der Waals surface area contributed by atoms with Gasteiger partial charge >= 0.3 is 12.0 Å². The highest BCUT2D eigenvalue weighted by molar-refractivity contribution is 5.95. The van der Waals surface area contributed by atoms with Crippen molar-refractivity contribution in [2.45, 2.75) is 20.8 Å². The monoisotopic (exact) mass is 273 g/mol. The molecule has 0 aliphatic rings. The normalized spacial score (nSPS) is 11.8. The molecule has 7 nitrogen and oxygen atoms in total. The van der Waals surface area contributed by atoms with Gasteiger partial charge in [0.15, 0.2) is 0 Å². The summed E-state index contributed by atoms with van der Waals surface area (Å²) < 4.78 is 4.63. The number of likely N-dealkylation sites (N-methyl/N-ethyl adjacent to an activating group) is 1. The number of amides is 3. The Bertz CT molecular complexity index is 320. The van der Waals surface area contributed by atoms with Gasteiger partial charge in [0, 0.05) is 13.1 Å². The predicted octanol–water partition coefficient (Wildman–Crippen LogP) is -0.0369. The van der Waals surface area contributed by atoms with Gasteiger partial charge in [0.1, 0.15) is 0 Å². The summed E-state index contributed by atoms with van der Waals surface area (Å²) in [6, 6.07) is -0.510. The third-order valence-corrected chi connectivity index (χ3v) is 2.54. The maximum absolute atomic E-state index is 11.6. The zero-order valence-corrected chi connectivity index (χ0v) is 12.0. The van der Waals surface area contributed by atoms with E-state index in [1.165, 1.54) is 7.11 Å². The molecule has 0 fully saturated rings. The van der Waals surface area contributed by atoms with Crippen LogP contribution in [0.3, 0.4) is 0 Å². The van der Waals surface area contributed by atoms with Crippen molar-refractivity contribution in [1.29, 1.82) is 0 Å². The van der Waals surface area contributed by atoms with Crippen LogP contribution < -0.4 is 10.6 Å². The number of rotatable bonds is 7. The molecule has 3 amide bonds. The average molecular weight is 273 g/mol. The second-order valence-electron chi connectivity index (χ2n) is 4.16. The van der Waals surface area contributed by atoms with E-state index in [2.05, 4.69) is 15.4 Å². The lowest BCUT2D eigenvalue weighted by atomic mass is 10.1. The minimum atomic E-state index is -0.510. The van der Waals surface area contributed by atoms with Crippen LogP contribution in [-0.2, 0) is 14.3 Å². The van der Waals surface area contributed by atoms with Crippen LogP contribution in [0.25, 0.3) is 0 Å². The summed E-state index contributed by atoms with van der Waals surface area (Å²) in [5, 5.41) is 4.69. The molecule has 110 valence electrons. The van der Waals surface area contributed by atoms with Gasteiger partial charge in [0.2, 0.25) is 5.91 Å². The Labute approximate surface area is 113 Å². The first-order valence-electron chi connectivity index (χ1n) is 6.32. The first-order valence-corrected chi connectivity index (χ1v) is 6.32. The Morgan fingerprint density at radius 3 is 2.37 bits per heavy atom. The Balaban J connectivity index is 4.21. The topological polar surface area (TPSA) is 87.7 Å². The summed E-state index contributed by atoms with van der Waals surface area (Å²) in [7, 11) is 1.33. The second-order valence-corrected chi connectivity index (χ2v) is 4.16. The Morgan fingerprint density at radius 2 is 1.89 bits per heavy atom. The van der Waals surface area contributed by atoms with E-state index in [4.69, 9.17) is 0 Å². The maximum atomic E-state index is 11.6. The fourth-order valence-electron chi connectivity index (χ4n) is 1.54. The Hall–Kier alpha value is -1.63. The molecular formula is C12H23N3O4. The average Bonchev–Trinajstić information content (AvgIpc) is 2.36. The Kier molecular flexibility index (Phi) is 8.52. The minimum absolute atomic E-state index is 0.0645. The van der Waals surface area contributed by atoms with E-state index in [-0.39, 0.29) is 18.4 Å². The molecule has 0 aromatic rings. The summed E-state index contributed by atoms with van der Waals surface area (Å²) in [5.41, 5.74) is 0. The lowest BCUT2D eigenvalue weighted by Gasteiger charge is -2.22. The number of hydrogen-bond acceptors (Lipinski definition) is 5. The van der Waals surface area contributed by atoms with Crippen LogP contribution in [0.4, 0.5) is 4.79 Å². The highest BCUT2D eigenvalue weighted by Crippen LogP contribution is 2.01. The molecule has 0 heterocycles. The van der Waals surface area contributed by atoms with Crippen LogP contribution in [0.15, 0.2) is 0 Å². The van der Waals surface area contributed by atoms with Crippen molar-refractivity contribution in [3.8, 4) is 0 Å². The summed E-state index contributed by atoms with van der Waals surface area (Å²) in [6.07, 6.45) is 0. The quantitative estimate of drug-likeness (QED) is 0.636. The van der Waals surface area contributed by atoms with Crippen molar-refractivity contribution >= 4 is 17.9 Å². The van der Waals surface area contributed by atoms with Crippen LogP contribution >= 0.6 is 0 Å². The van der Waals surface area contributed by atoms with E-state index < -0.39 is 11.9 Å². The minimum Gasteiger partial charge on any atom is -0.469 e. The molecule has 0 radical (unpaired) electrons. The smallest absolute Gasteiger partial charge is 0.321 e. The van der Waals surface area contributed by atoms with Crippen LogP contribution in [-0.4, -0.2) is 56.1 Å². The van der Waals surface area contributed by atoms with Gasteiger partial charge in [-0.05, 0) is 13.5 Å². The molecule has 0 rings (SSSR count). The van der Waals surface area contributed by atoms with Crippen molar-refractivity contribution in [3.63, 3.8) is 0 Å². The number of urea groups is 1. The number of hydrogen-bond donors (Lipinski definition) is 2. The molecule has 0 bridgehead atoms. The zero-order chi connectivity index (χ0) is 14.8. The number of nitrogens with one attached hydrogen (secondary N) is 2. The molecule has 2 N–H and O–H groups in total. The number of imide groups is 1. The van der Waals surface area contributed by atoms with E-state index in [0.29, 0.717) is 19.6 Å². The molecular weight excluding hydrogens is 250 g/mol. The third kappa shape index (κ3) is 7.40. The van der Waals surface area contributed by atoms with Crippen molar-refractivity contribution in [2.24, 2.45) is 5.92 Å². The van der Waals surface area contributed by atoms with Gasteiger partial charge in [-0.1, -0.05) is 13.8 Å². The molecule has 0 aliphatic heterocycles. The van der Waals surface area contributed by atoms with Gasteiger partial charge in [-0.25, -0.2) is 4.79 Å². The van der Waals surface area contributed by atoms with Crippen LogP contribution in [0, 0.1) is 5.92 Å². The molecule has 1 atom stereocenters. The van der Waals surface area contributed by atoms with Crippen molar-refractivity contribution in [2.75, 3.05) is 33.3 Å². The molecule has 19 heavy (non-hydrogen) atoms. The summed E-state index contributed by atoms with van der Waals surface area (Å²) >= 11 is 0. The molecule has 0 saturated heterocycles. The largest absolute Gasteiger partial charge is 0.469 e. The van der Waals surface area contributed by atoms with E-state index in [0.717, 1.165) is 0 Å². The zero-order valence-electron chi connectivity index (χ0n) is 12.0. The van der Waals surface area contributed by atoms with Crippen LogP contribution in [0.2, 0.25) is 0 Å².